The summed E-state index contributed by atoms with van der Waals surface area (Å²) in [5, 5.41) is 17.1. The normalized spacial score (nSPS) is 13.9. The van der Waals surface area contributed by atoms with Crippen molar-refractivity contribution in [3.8, 4) is 0 Å². The third kappa shape index (κ3) is 9.55. The fourth-order valence-corrected chi connectivity index (χ4v) is 2.53. The number of carbonyl (C=O) groups is 2. The number of sulfonamides is 1. The van der Waals surface area contributed by atoms with Crippen LogP contribution in [-0.4, -0.2) is 48.5 Å². The highest BCUT2D eigenvalue weighted by Crippen LogP contribution is 2.21. The average molecular weight is 321 g/mol. The number of carboxylic acids is 2. The molecule has 0 fully saturated rings. The molecule has 0 aliphatic carbocycles. The second-order valence-corrected chi connectivity index (χ2v) is 5.85. The van der Waals surface area contributed by atoms with Crippen molar-refractivity contribution in [2.24, 2.45) is 0 Å². The van der Waals surface area contributed by atoms with Gasteiger partial charge >= 0.3 is 18.1 Å². The third-order valence-electron chi connectivity index (χ3n) is 2.14. The number of aliphatic carboxylic acids is 2. The summed E-state index contributed by atoms with van der Waals surface area (Å²) in [6, 6.07) is -1.68. The van der Waals surface area contributed by atoms with Crippen molar-refractivity contribution in [2.45, 2.75) is 37.9 Å². The number of alkyl halides is 3. The van der Waals surface area contributed by atoms with E-state index in [0.717, 1.165) is 0 Å². The van der Waals surface area contributed by atoms with E-state index in [9.17, 15) is 31.2 Å². The smallest absolute Gasteiger partial charge is 0.389 e. The van der Waals surface area contributed by atoms with Crippen LogP contribution in [0.3, 0.4) is 0 Å². The number of halogens is 3. The number of carboxylic acid groups (broad SMARTS) is 2. The minimum Gasteiger partial charge on any atom is -0.481 e. The second-order valence-electron chi connectivity index (χ2n) is 3.98. The molecule has 0 aliphatic rings. The first-order chi connectivity index (χ1) is 8.93. The fraction of sp³-hybridized carbons (Fsp3) is 0.778. The van der Waals surface area contributed by atoms with Crippen molar-refractivity contribution in [3.63, 3.8) is 0 Å². The Bertz CT molecular complexity index is 447. The van der Waals surface area contributed by atoms with Crippen LogP contribution in [0.25, 0.3) is 0 Å². The molecule has 0 bridgehead atoms. The van der Waals surface area contributed by atoms with Crippen LogP contribution >= 0.6 is 0 Å². The van der Waals surface area contributed by atoms with Crippen molar-refractivity contribution in [1.29, 1.82) is 0 Å². The summed E-state index contributed by atoms with van der Waals surface area (Å²) in [6.45, 7) is 0. The highest BCUT2D eigenvalue weighted by atomic mass is 32.2. The van der Waals surface area contributed by atoms with Crippen LogP contribution < -0.4 is 4.72 Å². The predicted octanol–water partition coefficient (Wildman–Crippen LogP) is 0.566. The Morgan fingerprint density at radius 1 is 1.20 bits per heavy atom. The first kappa shape index (κ1) is 18.6. The largest absolute Gasteiger partial charge is 0.481 e. The lowest BCUT2D eigenvalue weighted by Crippen LogP contribution is -2.42. The number of nitrogens with one attached hydrogen (secondary N) is 1. The predicted molar refractivity (Wildman–Crippen MR) is 60.5 cm³/mol. The van der Waals surface area contributed by atoms with E-state index in [1.807, 2.05) is 0 Å². The number of rotatable bonds is 9. The minimum atomic E-state index is -4.50. The maximum absolute atomic E-state index is 11.9. The SMILES string of the molecule is O=C(O)CC[C@H](NS(=O)(=O)CCCC(F)(F)F)C(=O)O. The molecule has 11 heteroatoms. The monoisotopic (exact) mass is 321 g/mol. The standard InChI is InChI=1S/C9H14F3NO6S/c10-9(11,12)4-1-5-20(18,19)13-6(8(16)17)2-3-7(14)15/h6,13H,1-5H2,(H,14,15)(H,16,17)/t6-/m0/s1. The van der Waals surface area contributed by atoms with Gasteiger partial charge in [-0.3, -0.25) is 9.59 Å². The maximum Gasteiger partial charge on any atom is 0.389 e. The first-order valence-electron chi connectivity index (χ1n) is 5.44. The molecule has 1 atom stereocenters. The molecule has 0 aliphatic heterocycles. The second kappa shape index (κ2) is 7.43. The van der Waals surface area contributed by atoms with Crippen molar-refractivity contribution in [3.05, 3.63) is 0 Å². The molecule has 20 heavy (non-hydrogen) atoms. The molecule has 3 N–H and O–H groups in total. The summed E-state index contributed by atoms with van der Waals surface area (Å²) in [4.78, 5) is 21.0. The van der Waals surface area contributed by atoms with E-state index >= 15 is 0 Å². The van der Waals surface area contributed by atoms with E-state index in [2.05, 4.69) is 0 Å². The molecule has 0 rings (SSSR count). The van der Waals surface area contributed by atoms with Crippen molar-refractivity contribution in [1.82, 2.24) is 4.72 Å². The molecular formula is C9H14F3NO6S. The molecule has 0 aromatic rings. The van der Waals surface area contributed by atoms with E-state index in [-0.39, 0.29) is 0 Å². The summed E-state index contributed by atoms with van der Waals surface area (Å²) in [6.07, 6.45) is -7.58. The third-order valence-corrected chi connectivity index (χ3v) is 3.61. The lowest BCUT2D eigenvalue weighted by atomic mass is 10.2. The van der Waals surface area contributed by atoms with Crippen molar-refractivity contribution in [2.75, 3.05) is 5.75 Å². The van der Waals surface area contributed by atoms with Gasteiger partial charge in [-0.25, -0.2) is 13.1 Å². The Morgan fingerprint density at radius 3 is 2.15 bits per heavy atom. The van der Waals surface area contributed by atoms with E-state index in [1.54, 1.807) is 4.72 Å². The topological polar surface area (TPSA) is 121 Å². The maximum atomic E-state index is 11.9. The highest BCUT2D eigenvalue weighted by molar-refractivity contribution is 7.89. The number of hydrogen-bond donors (Lipinski definition) is 3. The van der Waals surface area contributed by atoms with Crippen LogP contribution in [0.5, 0.6) is 0 Å². The van der Waals surface area contributed by atoms with Crippen LogP contribution in [0.4, 0.5) is 13.2 Å². The molecular weight excluding hydrogens is 307 g/mol. The van der Waals surface area contributed by atoms with Gasteiger partial charge < -0.3 is 10.2 Å². The zero-order chi connectivity index (χ0) is 16.0. The van der Waals surface area contributed by atoms with Crippen LogP contribution in [0, 0.1) is 0 Å². The van der Waals surface area contributed by atoms with Crippen LogP contribution in [0.1, 0.15) is 25.7 Å². The summed E-state index contributed by atoms with van der Waals surface area (Å²) in [7, 11) is -4.22. The molecule has 0 saturated carbocycles. The van der Waals surface area contributed by atoms with Crippen LogP contribution in [-0.2, 0) is 19.6 Å². The lowest BCUT2D eigenvalue weighted by molar-refractivity contribution is -0.140. The lowest BCUT2D eigenvalue weighted by Gasteiger charge is -2.14. The quantitative estimate of drug-likeness (QED) is 0.571. The molecule has 0 saturated heterocycles. The summed E-state index contributed by atoms with van der Waals surface area (Å²) < 4.78 is 60.0. The van der Waals surface area contributed by atoms with Gasteiger partial charge in [0.25, 0.3) is 0 Å². The Hall–Kier alpha value is -1.36. The molecule has 0 amide bonds. The average Bonchev–Trinajstić information content (AvgIpc) is 2.21. The van der Waals surface area contributed by atoms with E-state index < -0.39 is 65.6 Å². The van der Waals surface area contributed by atoms with Crippen LogP contribution in [0.15, 0.2) is 0 Å². The molecule has 118 valence electrons. The Morgan fingerprint density at radius 2 is 1.75 bits per heavy atom. The minimum absolute atomic E-state index is 0.497. The molecule has 0 spiro atoms. The molecule has 0 heterocycles. The van der Waals surface area contributed by atoms with Gasteiger partial charge in [-0.15, -0.1) is 0 Å². The zero-order valence-electron chi connectivity index (χ0n) is 10.2. The fourth-order valence-electron chi connectivity index (χ4n) is 1.24. The van der Waals surface area contributed by atoms with E-state index in [4.69, 9.17) is 10.2 Å². The van der Waals surface area contributed by atoms with Gasteiger partial charge in [0.2, 0.25) is 10.0 Å². The molecule has 7 nitrogen and oxygen atoms in total. The van der Waals surface area contributed by atoms with Gasteiger partial charge in [-0.1, -0.05) is 0 Å². The Balaban J connectivity index is 4.45. The van der Waals surface area contributed by atoms with Gasteiger partial charge in [0.05, 0.1) is 5.75 Å². The van der Waals surface area contributed by atoms with E-state index in [1.165, 1.54) is 0 Å². The van der Waals surface area contributed by atoms with Gasteiger partial charge in [-0.05, 0) is 12.8 Å². The van der Waals surface area contributed by atoms with E-state index in [0.29, 0.717) is 0 Å². The van der Waals surface area contributed by atoms with Crippen molar-refractivity contribution >= 4 is 22.0 Å². The van der Waals surface area contributed by atoms with Gasteiger partial charge in [0.15, 0.2) is 0 Å². The van der Waals surface area contributed by atoms with Crippen molar-refractivity contribution < 1.29 is 41.4 Å². The van der Waals surface area contributed by atoms with Crippen LogP contribution in [0.2, 0.25) is 0 Å². The van der Waals surface area contributed by atoms with Gasteiger partial charge in [0, 0.05) is 12.8 Å². The first-order valence-corrected chi connectivity index (χ1v) is 7.09. The highest BCUT2D eigenvalue weighted by Gasteiger charge is 2.29. The number of hydrogen-bond acceptors (Lipinski definition) is 4. The summed E-state index contributed by atoms with van der Waals surface area (Å²) in [5.41, 5.74) is 0. The van der Waals surface area contributed by atoms with Gasteiger partial charge in [0.1, 0.15) is 6.04 Å². The Kier molecular flexibility index (Phi) is 6.92. The zero-order valence-corrected chi connectivity index (χ0v) is 11.0. The Labute approximate surface area is 112 Å². The molecule has 0 unspecified atom stereocenters. The molecule has 0 aromatic carbocycles. The summed E-state index contributed by atoms with van der Waals surface area (Å²) >= 11 is 0. The van der Waals surface area contributed by atoms with Gasteiger partial charge in [-0.2, -0.15) is 13.2 Å². The summed E-state index contributed by atoms with van der Waals surface area (Å²) in [5.74, 6) is -3.79. The molecule has 0 aromatic heterocycles. The molecule has 0 radical (unpaired) electrons.